The number of aromatic nitrogens is 4. The average Bonchev–Trinajstić information content (AvgIpc) is 3.03. The molecule has 1 aromatic heterocycles. The van der Waals surface area contributed by atoms with E-state index < -0.39 is 11.7 Å². The van der Waals surface area contributed by atoms with Crippen LogP contribution in [0.3, 0.4) is 0 Å². The summed E-state index contributed by atoms with van der Waals surface area (Å²) < 4.78 is 38.6. The summed E-state index contributed by atoms with van der Waals surface area (Å²) in [5.41, 5.74) is 1.13. The zero-order chi connectivity index (χ0) is 16.4. The van der Waals surface area contributed by atoms with Gasteiger partial charge in [-0.3, -0.25) is 0 Å². The summed E-state index contributed by atoms with van der Waals surface area (Å²) in [6.07, 6.45) is -4.36. The van der Waals surface area contributed by atoms with Gasteiger partial charge in [-0.1, -0.05) is 15.9 Å². The molecule has 0 amide bonds. The number of rotatable bonds is 3. The molecule has 23 heavy (non-hydrogen) atoms. The van der Waals surface area contributed by atoms with Gasteiger partial charge >= 0.3 is 6.18 Å². The first-order chi connectivity index (χ1) is 10.9. The molecule has 0 fully saturated rings. The highest BCUT2D eigenvalue weighted by atomic mass is 79.9. The molecule has 2 N–H and O–H groups in total. The molecule has 0 bridgehead atoms. The summed E-state index contributed by atoms with van der Waals surface area (Å²) in [4.78, 5) is 0. The fraction of sp³-hybridized carbons (Fsp3) is 0.0714. The number of benzene rings is 2. The summed E-state index contributed by atoms with van der Waals surface area (Å²) in [6.45, 7) is 0. The predicted molar refractivity (Wildman–Crippen MR) is 82.0 cm³/mol. The van der Waals surface area contributed by atoms with Crippen LogP contribution in [0, 0.1) is 0 Å². The Bertz CT molecular complexity index is 800. The molecule has 0 aliphatic heterocycles. The highest BCUT2D eigenvalue weighted by Gasteiger charge is 2.29. The standard InChI is InChI=1S/C14H9BrF3N5/c15-9-3-6-12(11(7-9)13-20-22-23-21-13)19-10-4-1-8(2-5-10)14(16,17)18/h1-7,19H,(H,20,21,22,23). The number of nitrogens with zero attached hydrogens (tertiary/aromatic N) is 3. The fourth-order valence-corrected chi connectivity index (χ4v) is 2.35. The quantitative estimate of drug-likeness (QED) is 0.703. The molecule has 0 radical (unpaired) electrons. The van der Waals surface area contributed by atoms with E-state index in [9.17, 15) is 13.2 Å². The van der Waals surface area contributed by atoms with E-state index in [0.717, 1.165) is 16.6 Å². The first-order valence-electron chi connectivity index (χ1n) is 6.41. The summed E-state index contributed by atoms with van der Waals surface area (Å²) in [5, 5.41) is 16.8. The molecule has 9 heteroatoms. The van der Waals surface area contributed by atoms with Gasteiger partial charge in [0.15, 0.2) is 0 Å². The Morgan fingerprint density at radius 2 is 1.78 bits per heavy atom. The van der Waals surface area contributed by atoms with Crippen LogP contribution in [-0.2, 0) is 6.18 Å². The number of H-pyrrole nitrogens is 1. The minimum absolute atomic E-state index is 0.376. The van der Waals surface area contributed by atoms with Crippen LogP contribution in [0.4, 0.5) is 24.5 Å². The molecule has 0 saturated heterocycles. The number of tetrazole rings is 1. The van der Waals surface area contributed by atoms with Crippen molar-refractivity contribution in [1.29, 1.82) is 0 Å². The normalized spacial score (nSPS) is 11.5. The van der Waals surface area contributed by atoms with Gasteiger partial charge in [-0.05, 0) is 47.7 Å². The SMILES string of the molecule is FC(F)(F)c1ccc(Nc2ccc(Br)cc2-c2nn[nH]n2)cc1. The first-order valence-corrected chi connectivity index (χ1v) is 7.20. The van der Waals surface area contributed by atoms with Crippen molar-refractivity contribution in [2.24, 2.45) is 0 Å². The summed E-state index contributed by atoms with van der Waals surface area (Å²) in [6, 6.07) is 10.1. The number of hydrogen-bond donors (Lipinski definition) is 2. The number of aromatic amines is 1. The highest BCUT2D eigenvalue weighted by Crippen LogP contribution is 2.33. The zero-order valence-electron chi connectivity index (χ0n) is 11.4. The van der Waals surface area contributed by atoms with Crippen molar-refractivity contribution in [1.82, 2.24) is 20.6 Å². The third kappa shape index (κ3) is 3.50. The average molecular weight is 384 g/mol. The third-order valence-electron chi connectivity index (χ3n) is 3.06. The smallest absolute Gasteiger partial charge is 0.355 e. The third-order valence-corrected chi connectivity index (χ3v) is 3.55. The molecule has 0 aliphatic carbocycles. The van der Waals surface area contributed by atoms with E-state index in [0.29, 0.717) is 22.8 Å². The Balaban J connectivity index is 1.91. The van der Waals surface area contributed by atoms with Gasteiger partial charge in [0.1, 0.15) is 0 Å². The Morgan fingerprint density at radius 3 is 2.39 bits per heavy atom. The van der Waals surface area contributed by atoms with E-state index in [1.54, 1.807) is 18.2 Å². The lowest BCUT2D eigenvalue weighted by molar-refractivity contribution is -0.137. The van der Waals surface area contributed by atoms with Crippen LogP contribution in [0.5, 0.6) is 0 Å². The molecule has 0 saturated carbocycles. The van der Waals surface area contributed by atoms with Gasteiger partial charge < -0.3 is 5.32 Å². The number of nitrogens with one attached hydrogen (secondary N) is 2. The lowest BCUT2D eigenvalue weighted by Crippen LogP contribution is -2.04. The van der Waals surface area contributed by atoms with E-state index in [2.05, 4.69) is 41.9 Å². The van der Waals surface area contributed by atoms with Crippen molar-refractivity contribution in [3.05, 3.63) is 52.5 Å². The van der Waals surface area contributed by atoms with Crippen LogP contribution in [0.25, 0.3) is 11.4 Å². The van der Waals surface area contributed by atoms with Crippen molar-refractivity contribution >= 4 is 27.3 Å². The van der Waals surface area contributed by atoms with Crippen molar-refractivity contribution in [2.75, 3.05) is 5.32 Å². The van der Waals surface area contributed by atoms with Crippen molar-refractivity contribution in [3.8, 4) is 11.4 Å². The van der Waals surface area contributed by atoms with E-state index in [1.165, 1.54) is 12.1 Å². The number of hydrogen-bond acceptors (Lipinski definition) is 4. The van der Waals surface area contributed by atoms with Gasteiger partial charge in [0, 0.05) is 21.4 Å². The van der Waals surface area contributed by atoms with Crippen LogP contribution in [-0.4, -0.2) is 20.6 Å². The summed E-state index contributed by atoms with van der Waals surface area (Å²) >= 11 is 3.36. The van der Waals surface area contributed by atoms with Crippen LogP contribution in [0.1, 0.15) is 5.56 Å². The predicted octanol–water partition coefficient (Wildman–Crippen LogP) is 4.39. The Labute approximate surface area is 137 Å². The number of alkyl halides is 3. The lowest BCUT2D eigenvalue weighted by atomic mass is 10.1. The molecule has 0 spiro atoms. The molecule has 118 valence electrons. The van der Waals surface area contributed by atoms with Gasteiger partial charge in [0.25, 0.3) is 0 Å². The van der Waals surface area contributed by atoms with Crippen LogP contribution >= 0.6 is 15.9 Å². The van der Waals surface area contributed by atoms with Gasteiger partial charge in [0.05, 0.1) is 5.56 Å². The molecule has 3 aromatic rings. The van der Waals surface area contributed by atoms with E-state index >= 15 is 0 Å². The molecule has 0 unspecified atom stereocenters. The van der Waals surface area contributed by atoms with Gasteiger partial charge in [-0.25, -0.2) is 0 Å². The molecule has 2 aromatic carbocycles. The maximum atomic E-state index is 12.6. The zero-order valence-corrected chi connectivity index (χ0v) is 13.0. The van der Waals surface area contributed by atoms with Crippen molar-refractivity contribution < 1.29 is 13.2 Å². The highest BCUT2D eigenvalue weighted by molar-refractivity contribution is 9.10. The Morgan fingerprint density at radius 1 is 1.04 bits per heavy atom. The van der Waals surface area contributed by atoms with Crippen LogP contribution in [0.2, 0.25) is 0 Å². The minimum atomic E-state index is -4.36. The molecule has 0 aliphatic rings. The summed E-state index contributed by atoms with van der Waals surface area (Å²) in [5.74, 6) is 0.376. The van der Waals surface area contributed by atoms with Crippen molar-refractivity contribution in [3.63, 3.8) is 0 Å². The molecule has 0 atom stereocenters. The minimum Gasteiger partial charge on any atom is -0.355 e. The Kier molecular flexibility index (Phi) is 4.03. The Hall–Kier alpha value is -2.42. The van der Waals surface area contributed by atoms with E-state index in [-0.39, 0.29) is 0 Å². The van der Waals surface area contributed by atoms with Crippen molar-refractivity contribution in [2.45, 2.75) is 6.18 Å². The monoisotopic (exact) mass is 383 g/mol. The van der Waals surface area contributed by atoms with E-state index in [1.807, 2.05) is 0 Å². The second-order valence-corrected chi connectivity index (χ2v) is 5.54. The van der Waals surface area contributed by atoms with Gasteiger partial charge in [-0.15, -0.1) is 10.2 Å². The second-order valence-electron chi connectivity index (χ2n) is 4.63. The molecule has 5 nitrogen and oxygen atoms in total. The second kappa shape index (κ2) is 5.99. The van der Waals surface area contributed by atoms with Gasteiger partial charge in [-0.2, -0.15) is 18.4 Å². The lowest BCUT2D eigenvalue weighted by Gasteiger charge is -2.12. The van der Waals surface area contributed by atoms with Crippen LogP contribution in [0.15, 0.2) is 46.9 Å². The molecular weight excluding hydrogens is 375 g/mol. The molecule has 1 heterocycles. The van der Waals surface area contributed by atoms with Gasteiger partial charge in [0.2, 0.25) is 5.82 Å². The first kappa shape index (κ1) is 15.5. The number of anilines is 2. The van der Waals surface area contributed by atoms with E-state index in [4.69, 9.17) is 0 Å². The maximum Gasteiger partial charge on any atom is 0.416 e. The largest absolute Gasteiger partial charge is 0.416 e. The fourth-order valence-electron chi connectivity index (χ4n) is 1.98. The van der Waals surface area contributed by atoms with Crippen LogP contribution < -0.4 is 5.32 Å². The number of halogens is 4. The maximum absolute atomic E-state index is 12.6. The molecular formula is C14H9BrF3N5. The molecule has 3 rings (SSSR count). The summed E-state index contributed by atoms with van der Waals surface area (Å²) in [7, 11) is 0. The topological polar surface area (TPSA) is 66.5 Å².